The second-order valence-corrected chi connectivity index (χ2v) is 6.65. The maximum absolute atomic E-state index is 6.60. The van der Waals surface area contributed by atoms with Crippen molar-refractivity contribution in [3.05, 3.63) is 45.6 Å². The Morgan fingerprint density at radius 1 is 1.20 bits per heavy atom. The van der Waals surface area contributed by atoms with Crippen molar-refractivity contribution in [2.45, 2.75) is 19.2 Å². The van der Waals surface area contributed by atoms with Crippen LogP contribution < -0.4 is 9.47 Å². The number of hydrogen-bond donors (Lipinski definition) is 0. The Labute approximate surface area is 128 Å². The first kappa shape index (κ1) is 13.8. The van der Waals surface area contributed by atoms with E-state index in [0.717, 1.165) is 17.1 Å². The number of benzene rings is 1. The lowest BCUT2D eigenvalue weighted by atomic mass is 10.1. The first-order chi connectivity index (χ1) is 9.65. The molecular formula is C16H17ClO2S. The second-order valence-electron chi connectivity index (χ2n) is 5.26. The Balaban J connectivity index is 1.91. The van der Waals surface area contributed by atoms with Crippen molar-refractivity contribution in [3.8, 4) is 11.5 Å². The lowest BCUT2D eigenvalue weighted by Crippen LogP contribution is -2.12. The Kier molecular flexibility index (Phi) is 3.90. The zero-order valence-corrected chi connectivity index (χ0v) is 13.1. The molecule has 3 rings (SSSR count). The molecule has 0 fully saturated rings. The van der Waals surface area contributed by atoms with E-state index in [4.69, 9.17) is 21.1 Å². The molecular weight excluding hydrogens is 292 g/mol. The van der Waals surface area contributed by atoms with Gasteiger partial charge in [-0.1, -0.05) is 13.0 Å². The van der Waals surface area contributed by atoms with E-state index in [-0.39, 0.29) is 5.38 Å². The fourth-order valence-corrected chi connectivity index (χ4v) is 3.61. The van der Waals surface area contributed by atoms with E-state index in [9.17, 15) is 0 Å². The van der Waals surface area contributed by atoms with E-state index in [1.807, 2.05) is 18.2 Å². The third-order valence-electron chi connectivity index (χ3n) is 3.44. The SMILES string of the molecule is Cc1ccsc1C(Cl)c1ccc2c(c1)OCC(C)CO2. The highest BCUT2D eigenvalue weighted by Crippen LogP contribution is 2.39. The minimum absolute atomic E-state index is 0.135. The molecule has 2 unspecified atom stereocenters. The van der Waals surface area contributed by atoms with Gasteiger partial charge in [0.05, 0.1) is 18.6 Å². The lowest BCUT2D eigenvalue weighted by molar-refractivity contribution is 0.228. The molecule has 0 bridgehead atoms. The molecule has 0 radical (unpaired) electrons. The van der Waals surface area contributed by atoms with Crippen LogP contribution in [0, 0.1) is 12.8 Å². The largest absolute Gasteiger partial charge is 0.489 e. The summed E-state index contributed by atoms with van der Waals surface area (Å²) in [4.78, 5) is 1.19. The van der Waals surface area contributed by atoms with E-state index in [1.165, 1.54) is 10.4 Å². The Morgan fingerprint density at radius 3 is 2.65 bits per heavy atom. The van der Waals surface area contributed by atoms with Gasteiger partial charge in [0.25, 0.3) is 0 Å². The number of hydrogen-bond acceptors (Lipinski definition) is 3. The van der Waals surface area contributed by atoms with Crippen LogP contribution in [-0.2, 0) is 0 Å². The van der Waals surface area contributed by atoms with Crippen molar-refractivity contribution in [3.63, 3.8) is 0 Å². The van der Waals surface area contributed by atoms with E-state index in [1.54, 1.807) is 11.3 Å². The van der Waals surface area contributed by atoms with Gasteiger partial charge in [0.2, 0.25) is 0 Å². The molecule has 2 nitrogen and oxygen atoms in total. The van der Waals surface area contributed by atoms with Gasteiger partial charge >= 0.3 is 0 Å². The van der Waals surface area contributed by atoms with Crippen molar-refractivity contribution in [1.29, 1.82) is 0 Å². The minimum Gasteiger partial charge on any atom is -0.489 e. The van der Waals surface area contributed by atoms with E-state index < -0.39 is 0 Å². The molecule has 0 N–H and O–H groups in total. The van der Waals surface area contributed by atoms with Gasteiger partial charge in [-0.25, -0.2) is 0 Å². The fraction of sp³-hybridized carbons (Fsp3) is 0.375. The average Bonchev–Trinajstić information content (AvgIpc) is 2.79. The molecule has 0 saturated carbocycles. The maximum atomic E-state index is 6.60. The van der Waals surface area contributed by atoms with Gasteiger partial charge in [-0.15, -0.1) is 22.9 Å². The van der Waals surface area contributed by atoms with Crippen LogP contribution in [0.25, 0.3) is 0 Å². The quantitative estimate of drug-likeness (QED) is 0.742. The molecule has 1 aliphatic heterocycles. The summed E-state index contributed by atoms with van der Waals surface area (Å²) in [5, 5.41) is 1.94. The number of ether oxygens (including phenoxy) is 2. The summed E-state index contributed by atoms with van der Waals surface area (Å²) in [6.07, 6.45) is 0. The van der Waals surface area contributed by atoms with Gasteiger partial charge in [-0.3, -0.25) is 0 Å². The first-order valence-corrected chi connectivity index (χ1v) is 8.04. The fourth-order valence-electron chi connectivity index (χ4n) is 2.22. The topological polar surface area (TPSA) is 18.5 Å². The standard InChI is InChI=1S/C16H17ClO2S/c1-10-8-18-13-4-3-12(7-14(13)19-9-10)15(17)16-11(2)5-6-20-16/h3-7,10,15H,8-9H2,1-2H3. The third-order valence-corrected chi connectivity index (χ3v) is 5.12. The summed E-state index contributed by atoms with van der Waals surface area (Å²) in [7, 11) is 0. The summed E-state index contributed by atoms with van der Waals surface area (Å²) in [6, 6.07) is 8.08. The molecule has 1 aromatic heterocycles. The van der Waals surface area contributed by atoms with Gasteiger partial charge < -0.3 is 9.47 Å². The highest BCUT2D eigenvalue weighted by Gasteiger charge is 2.19. The highest BCUT2D eigenvalue weighted by molar-refractivity contribution is 7.10. The lowest BCUT2D eigenvalue weighted by Gasteiger charge is -2.13. The Morgan fingerprint density at radius 2 is 1.95 bits per heavy atom. The summed E-state index contributed by atoms with van der Waals surface area (Å²) in [6.45, 7) is 5.58. The van der Waals surface area contributed by atoms with Crippen LogP contribution in [0.4, 0.5) is 0 Å². The van der Waals surface area contributed by atoms with Crippen molar-refractivity contribution >= 4 is 22.9 Å². The highest BCUT2D eigenvalue weighted by atomic mass is 35.5. The van der Waals surface area contributed by atoms with E-state index in [2.05, 4.69) is 25.3 Å². The zero-order valence-electron chi connectivity index (χ0n) is 11.6. The molecule has 0 amide bonds. The number of halogens is 1. The van der Waals surface area contributed by atoms with Crippen LogP contribution in [0.1, 0.15) is 28.3 Å². The van der Waals surface area contributed by atoms with Gasteiger partial charge in [0.1, 0.15) is 0 Å². The summed E-state index contributed by atoms with van der Waals surface area (Å²) < 4.78 is 11.6. The van der Waals surface area contributed by atoms with Crippen LogP contribution in [0.3, 0.4) is 0 Å². The normalized spacial score (nSPS) is 19.4. The smallest absolute Gasteiger partial charge is 0.161 e. The molecule has 1 aliphatic rings. The number of rotatable bonds is 2. The van der Waals surface area contributed by atoms with E-state index >= 15 is 0 Å². The van der Waals surface area contributed by atoms with Crippen LogP contribution in [-0.4, -0.2) is 13.2 Å². The Bertz CT molecular complexity index is 608. The molecule has 0 saturated heterocycles. The molecule has 0 aliphatic carbocycles. The van der Waals surface area contributed by atoms with E-state index in [0.29, 0.717) is 19.1 Å². The maximum Gasteiger partial charge on any atom is 0.161 e. The van der Waals surface area contributed by atoms with Crippen LogP contribution in [0.15, 0.2) is 29.6 Å². The van der Waals surface area contributed by atoms with Crippen molar-refractivity contribution in [1.82, 2.24) is 0 Å². The van der Waals surface area contributed by atoms with Crippen LogP contribution >= 0.6 is 22.9 Å². The second kappa shape index (κ2) is 5.66. The van der Waals surface area contributed by atoms with Crippen molar-refractivity contribution in [2.75, 3.05) is 13.2 Å². The van der Waals surface area contributed by atoms with Gasteiger partial charge in [-0.05, 0) is 41.6 Å². The number of alkyl halides is 1. The molecule has 1 aromatic carbocycles. The molecule has 2 aromatic rings. The van der Waals surface area contributed by atoms with Crippen molar-refractivity contribution in [2.24, 2.45) is 5.92 Å². The van der Waals surface area contributed by atoms with Gasteiger partial charge in [-0.2, -0.15) is 0 Å². The van der Waals surface area contributed by atoms with Crippen LogP contribution in [0.2, 0.25) is 0 Å². The average molecular weight is 309 g/mol. The molecule has 0 spiro atoms. The van der Waals surface area contributed by atoms with Gasteiger partial charge in [0, 0.05) is 10.8 Å². The van der Waals surface area contributed by atoms with Gasteiger partial charge in [0.15, 0.2) is 11.5 Å². The summed E-state index contributed by atoms with van der Waals surface area (Å²) in [5.41, 5.74) is 2.28. The number of aryl methyl sites for hydroxylation is 1. The molecule has 20 heavy (non-hydrogen) atoms. The van der Waals surface area contributed by atoms with Crippen molar-refractivity contribution < 1.29 is 9.47 Å². The molecule has 106 valence electrons. The monoisotopic (exact) mass is 308 g/mol. The number of thiophene rings is 1. The summed E-state index contributed by atoms with van der Waals surface area (Å²) in [5.74, 6) is 2.01. The zero-order chi connectivity index (χ0) is 14.1. The predicted molar refractivity (Wildman–Crippen MR) is 83.3 cm³/mol. The first-order valence-electron chi connectivity index (χ1n) is 6.72. The number of fused-ring (bicyclic) bond motifs is 1. The Hall–Kier alpha value is -1.19. The van der Waals surface area contributed by atoms with Crippen LogP contribution in [0.5, 0.6) is 11.5 Å². The third kappa shape index (κ3) is 2.65. The predicted octanol–water partition coefficient (Wildman–Crippen LogP) is 4.79. The molecule has 2 heterocycles. The minimum atomic E-state index is -0.135. The summed E-state index contributed by atoms with van der Waals surface area (Å²) >= 11 is 8.29. The molecule has 2 atom stereocenters. The molecule has 4 heteroatoms.